The molecular formula is C13H14F2N2. The third-order valence-electron chi connectivity index (χ3n) is 3.58. The van der Waals surface area contributed by atoms with Crippen LogP contribution in [0.25, 0.3) is 10.9 Å². The highest BCUT2D eigenvalue weighted by Gasteiger charge is 2.24. The average Bonchev–Trinajstić information content (AvgIpc) is 2.68. The predicted octanol–water partition coefficient (Wildman–Crippen LogP) is 3.04. The summed E-state index contributed by atoms with van der Waals surface area (Å²) in [4.78, 5) is 3.11. The number of aromatic nitrogens is 1. The summed E-state index contributed by atoms with van der Waals surface area (Å²) < 4.78 is 26.9. The summed E-state index contributed by atoms with van der Waals surface area (Å²) in [6.07, 6.45) is 2.96. The van der Waals surface area contributed by atoms with Gasteiger partial charge in [0.2, 0.25) is 0 Å². The van der Waals surface area contributed by atoms with Crippen LogP contribution in [-0.2, 0) is 6.42 Å². The van der Waals surface area contributed by atoms with Crippen molar-refractivity contribution in [3.8, 4) is 0 Å². The van der Waals surface area contributed by atoms with Gasteiger partial charge in [-0.05, 0) is 37.9 Å². The first-order chi connectivity index (χ1) is 8.20. The fraction of sp³-hybridized carbons (Fsp3) is 0.385. The fourth-order valence-corrected chi connectivity index (χ4v) is 2.78. The number of rotatable bonds is 1. The maximum absolute atomic E-state index is 13.7. The monoisotopic (exact) mass is 236 g/mol. The van der Waals surface area contributed by atoms with Crippen LogP contribution in [0.15, 0.2) is 12.1 Å². The van der Waals surface area contributed by atoms with E-state index in [0.717, 1.165) is 36.6 Å². The van der Waals surface area contributed by atoms with E-state index in [1.807, 2.05) is 7.05 Å². The van der Waals surface area contributed by atoms with Gasteiger partial charge >= 0.3 is 0 Å². The van der Waals surface area contributed by atoms with Crippen molar-refractivity contribution in [2.45, 2.75) is 25.3 Å². The van der Waals surface area contributed by atoms with Crippen molar-refractivity contribution >= 4 is 10.9 Å². The van der Waals surface area contributed by atoms with Gasteiger partial charge in [0.1, 0.15) is 11.6 Å². The predicted molar refractivity (Wildman–Crippen MR) is 63.0 cm³/mol. The van der Waals surface area contributed by atoms with Crippen LogP contribution in [0, 0.1) is 11.6 Å². The molecule has 0 saturated heterocycles. The number of aryl methyl sites for hydroxylation is 1. The summed E-state index contributed by atoms with van der Waals surface area (Å²) in [7, 11) is 1.89. The van der Waals surface area contributed by atoms with Gasteiger partial charge in [-0.2, -0.15) is 0 Å². The summed E-state index contributed by atoms with van der Waals surface area (Å²) in [5.41, 5.74) is 2.50. The van der Waals surface area contributed by atoms with Crippen molar-refractivity contribution in [3.63, 3.8) is 0 Å². The Morgan fingerprint density at radius 1 is 1.35 bits per heavy atom. The van der Waals surface area contributed by atoms with Crippen LogP contribution in [0.3, 0.4) is 0 Å². The first-order valence-electron chi connectivity index (χ1n) is 5.87. The van der Waals surface area contributed by atoms with Crippen molar-refractivity contribution in [2.24, 2.45) is 0 Å². The molecule has 2 N–H and O–H groups in total. The van der Waals surface area contributed by atoms with E-state index in [0.29, 0.717) is 10.9 Å². The van der Waals surface area contributed by atoms with E-state index in [1.54, 1.807) is 0 Å². The third-order valence-corrected chi connectivity index (χ3v) is 3.58. The molecule has 0 radical (unpaired) electrons. The highest BCUT2D eigenvalue weighted by atomic mass is 19.1. The van der Waals surface area contributed by atoms with E-state index in [9.17, 15) is 8.78 Å². The summed E-state index contributed by atoms with van der Waals surface area (Å²) >= 11 is 0. The lowest BCUT2D eigenvalue weighted by molar-refractivity contribution is 0.489. The standard InChI is InChI=1S/C13H14F2N2/c1-16-11-4-2-3-8-9-5-7(14)6-10(15)12(9)17-13(8)11/h5-6,11,16-17H,2-4H2,1H3. The van der Waals surface area contributed by atoms with Crippen molar-refractivity contribution in [1.82, 2.24) is 10.3 Å². The fourth-order valence-electron chi connectivity index (χ4n) is 2.78. The smallest absolute Gasteiger partial charge is 0.150 e. The second-order valence-electron chi connectivity index (χ2n) is 4.56. The first kappa shape index (κ1) is 10.7. The van der Waals surface area contributed by atoms with Crippen LogP contribution in [0.2, 0.25) is 0 Å². The van der Waals surface area contributed by atoms with Gasteiger partial charge in [-0.15, -0.1) is 0 Å². The van der Waals surface area contributed by atoms with Crippen molar-refractivity contribution in [1.29, 1.82) is 0 Å². The number of H-pyrrole nitrogens is 1. The van der Waals surface area contributed by atoms with Crippen molar-refractivity contribution < 1.29 is 8.78 Å². The Kier molecular flexibility index (Phi) is 2.40. The Bertz CT molecular complexity index is 574. The van der Waals surface area contributed by atoms with Crippen molar-refractivity contribution in [3.05, 3.63) is 35.0 Å². The number of fused-ring (bicyclic) bond motifs is 3. The van der Waals surface area contributed by atoms with Gasteiger partial charge in [0.25, 0.3) is 0 Å². The molecule has 1 unspecified atom stereocenters. The highest BCUT2D eigenvalue weighted by molar-refractivity contribution is 5.85. The SMILES string of the molecule is CNC1CCCc2c1[nH]c1c(F)cc(F)cc21. The Morgan fingerprint density at radius 3 is 2.94 bits per heavy atom. The molecule has 1 aliphatic rings. The highest BCUT2D eigenvalue weighted by Crippen LogP contribution is 2.35. The minimum absolute atomic E-state index is 0.216. The minimum atomic E-state index is -0.511. The van der Waals surface area contributed by atoms with Crippen LogP contribution in [0.4, 0.5) is 8.78 Å². The zero-order valence-corrected chi connectivity index (χ0v) is 9.61. The van der Waals surface area contributed by atoms with Crippen LogP contribution in [-0.4, -0.2) is 12.0 Å². The number of aromatic amines is 1. The lowest BCUT2D eigenvalue weighted by Crippen LogP contribution is -2.21. The van der Waals surface area contributed by atoms with Crippen LogP contribution < -0.4 is 5.32 Å². The summed E-state index contributed by atoms with van der Waals surface area (Å²) in [6.45, 7) is 0. The lowest BCUT2D eigenvalue weighted by atomic mass is 9.92. The molecule has 1 aromatic carbocycles. The Labute approximate surface area is 98.0 Å². The third kappa shape index (κ3) is 1.55. The van der Waals surface area contributed by atoms with Gasteiger partial charge in [-0.25, -0.2) is 8.78 Å². The summed E-state index contributed by atoms with van der Waals surface area (Å²) in [5, 5.41) is 3.90. The molecule has 0 aliphatic heterocycles. The number of halogens is 2. The van der Waals surface area contributed by atoms with Gasteiger partial charge in [0, 0.05) is 23.2 Å². The zero-order chi connectivity index (χ0) is 12.0. The maximum Gasteiger partial charge on any atom is 0.150 e. The number of hydrogen-bond donors (Lipinski definition) is 2. The Balaban J connectivity index is 2.30. The average molecular weight is 236 g/mol. The molecule has 0 spiro atoms. The van der Waals surface area contributed by atoms with Crippen LogP contribution in [0.5, 0.6) is 0 Å². The molecule has 3 rings (SSSR count). The number of benzene rings is 1. The second kappa shape index (κ2) is 3.81. The van der Waals surface area contributed by atoms with Gasteiger partial charge < -0.3 is 10.3 Å². The molecule has 0 fully saturated rings. The summed E-state index contributed by atoms with van der Waals surface area (Å²) in [5.74, 6) is -1.02. The number of nitrogens with one attached hydrogen (secondary N) is 2. The van der Waals surface area contributed by atoms with E-state index in [4.69, 9.17) is 0 Å². The molecule has 1 aliphatic carbocycles. The topological polar surface area (TPSA) is 27.8 Å². The van der Waals surface area contributed by atoms with Gasteiger partial charge in [0.05, 0.1) is 5.52 Å². The molecule has 0 saturated carbocycles. The van der Waals surface area contributed by atoms with E-state index in [-0.39, 0.29) is 6.04 Å². The van der Waals surface area contributed by atoms with E-state index < -0.39 is 11.6 Å². The molecule has 17 heavy (non-hydrogen) atoms. The largest absolute Gasteiger partial charge is 0.354 e. The molecule has 1 heterocycles. The molecule has 0 bridgehead atoms. The van der Waals surface area contributed by atoms with Gasteiger partial charge in [-0.3, -0.25) is 0 Å². The molecule has 90 valence electrons. The molecule has 1 aromatic heterocycles. The number of hydrogen-bond acceptors (Lipinski definition) is 1. The van der Waals surface area contributed by atoms with E-state index >= 15 is 0 Å². The zero-order valence-electron chi connectivity index (χ0n) is 9.61. The molecular weight excluding hydrogens is 222 g/mol. The molecule has 0 amide bonds. The first-order valence-corrected chi connectivity index (χ1v) is 5.87. The summed E-state index contributed by atoms with van der Waals surface area (Å²) in [6, 6.07) is 2.57. The molecule has 4 heteroatoms. The van der Waals surface area contributed by atoms with Crippen LogP contribution >= 0.6 is 0 Å². The van der Waals surface area contributed by atoms with E-state index in [2.05, 4.69) is 10.3 Å². The van der Waals surface area contributed by atoms with Crippen molar-refractivity contribution in [2.75, 3.05) is 7.05 Å². The minimum Gasteiger partial charge on any atom is -0.354 e. The normalized spacial score (nSPS) is 19.6. The van der Waals surface area contributed by atoms with Gasteiger partial charge in [-0.1, -0.05) is 0 Å². The Hall–Kier alpha value is -1.42. The molecule has 1 atom stereocenters. The van der Waals surface area contributed by atoms with Gasteiger partial charge in [0.15, 0.2) is 0 Å². The van der Waals surface area contributed by atoms with E-state index in [1.165, 1.54) is 6.07 Å². The maximum atomic E-state index is 13.7. The Morgan fingerprint density at radius 2 is 2.18 bits per heavy atom. The molecule has 2 nitrogen and oxygen atoms in total. The molecule has 2 aromatic rings. The van der Waals surface area contributed by atoms with Crippen LogP contribution in [0.1, 0.15) is 30.1 Å². The second-order valence-corrected chi connectivity index (χ2v) is 4.56. The quantitative estimate of drug-likeness (QED) is 0.782. The lowest BCUT2D eigenvalue weighted by Gasteiger charge is -2.21.